The van der Waals surface area contributed by atoms with Gasteiger partial charge in [-0.1, -0.05) is 79.2 Å². The van der Waals surface area contributed by atoms with Crippen molar-refractivity contribution in [3.05, 3.63) is 106 Å². The Kier molecular flexibility index (Phi) is 8.71. The number of nitrogens with zero attached hydrogens (tertiary/aromatic N) is 1. The van der Waals surface area contributed by atoms with Crippen LogP contribution in [0.4, 0.5) is 0 Å². The van der Waals surface area contributed by atoms with Crippen molar-refractivity contribution in [3.63, 3.8) is 0 Å². The van der Waals surface area contributed by atoms with Crippen molar-refractivity contribution < 1.29 is 4.79 Å². The Morgan fingerprint density at radius 2 is 1.39 bits per heavy atom. The summed E-state index contributed by atoms with van der Waals surface area (Å²) in [6.45, 7) is 11.2. The van der Waals surface area contributed by atoms with Gasteiger partial charge in [0, 0.05) is 41.2 Å². The summed E-state index contributed by atoms with van der Waals surface area (Å²) in [7, 11) is 0. The number of amides is 1. The standard InChI is InChI=1S/C29H35ClN2O/c1-20(2)32(21(3)4)29(33)27-14-10-9-13-26(27)22(5)28(24-15-17-25(30)18-16-24)31-19-23-11-7-6-8-12-23/h6-18,20-22,28,31H,19H2,1-5H3/t22-,28-/m0/s1. The lowest BCUT2D eigenvalue weighted by Gasteiger charge is -2.33. The molecule has 0 bridgehead atoms. The summed E-state index contributed by atoms with van der Waals surface area (Å²) in [6, 6.07) is 26.7. The summed E-state index contributed by atoms with van der Waals surface area (Å²) in [4.78, 5) is 15.6. The van der Waals surface area contributed by atoms with Gasteiger partial charge in [-0.05, 0) is 62.6 Å². The summed E-state index contributed by atoms with van der Waals surface area (Å²) in [5.41, 5.74) is 4.19. The van der Waals surface area contributed by atoms with Gasteiger partial charge in [-0.15, -0.1) is 0 Å². The molecule has 0 radical (unpaired) electrons. The maximum atomic E-state index is 13.6. The zero-order valence-electron chi connectivity index (χ0n) is 20.3. The Bertz CT molecular complexity index is 1020. The lowest BCUT2D eigenvalue weighted by molar-refractivity contribution is 0.0642. The molecule has 1 N–H and O–H groups in total. The van der Waals surface area contributed by atoms with E-state index in [9.17, 15) is 4.79 Å². The van der Waals surface area contributed by atoms with Gasteiger partial charge >= 0.3 is 0 Å². The third-order valence-electron chi connectivity index (χ3n) is 6.13. The van der Waals surface area contributed by atoms with E-state index in [1.54, 1.807) is 0 Å². The Morgan fingerprint density at radius 1 is 0.818 bits per heavy atom. The van der Waals surface area contributed by atoms with Crippen LogP contribution in [0.3, 0.4) is 0 Å². The first kappa shape index (κ1) is 25.0. The first-order chi connectivity index (χ1) is 15.8. The van der Waals surface area contributed by atoms with Gasteiger partial charge in [0.15, 0.2) is 0 Å². The van der Waals surface area contributed by atoms with Crippen molar-refractivity contribution >= 4 is 17.5 Å². The van der Waals surface area contributed by atoms with Gasteiger partial charge in [0.05, 0.1) is 0 Å². The van der Waals surface area contributed by atoms with Crippen molar-refractivity contribution in [2.45, 2.75) is 65.2 Å². The summed E-state index contributed by atoms with van der Waals surface area (Å²) < 4.78 is 0. The molecular weight excluding hydrogens is 428 g/mol. The number of carbonyl (C=O) groups is 1. The number of hydrogen-bond acceptors (Lipinski definition) is 2. The minimum atomic E-state index is 0.0166. The number of halogens is 1. The topological polar surface area (TPSA) is 32.3 Å². The van der Waals surface area contributed by atoms with E-state index >= 15 is 0 Å². The molecule has 0 fully saturated rings. The highest BCUT2D eigenvalue weighted by Gasteiger charge is 2.28. The third kappa shape index (κ3) is 6.25. The van der Waals surface area contributed by atoms with Crippen LogP contribution < -0.4 is 5.32 Å². The number of hydrogen-bond donors (Lipinski definition) is 1. The van der Waals surface area contributed by atoms with Crippen LogP contribution in [0.15, 0.2) is 78.9 Å². The first-order valence-corrected chi connectivity index (χ1v) is 12.1. The largest absolute Gasteiger partial charge is 0.334 e. The van der Waals surface area contributed by atoms with Crippen LogP contribution in [0.1, 0.15) is 73.6 Å². The van der Waals surface area contributed by atoms with E-state index in [2.05, 4.69) is 82.4 Å². The van der Waals surface area contributed by atoms with Crippen LogP contribution in [0, 0.1) is 0 Å². The van der Waals surface area contributed by atoms with Crippen LogP contribution in [0.5, 0.6) is 0 Å². The fourth-order valence-electron chi connectivity index (χ4n) is 4.55. The van der Waals surface area contributed by atoms with Crippen molar-refractivity contribution in [1.29, 1.82) is 0 Å². The summed E-state index contributed by atoms with van der Waals surface area (Å²) in [5.74, 6) is 0.150. The molecule has 0 aliphatic carbocycles. The molecule has 4 heteroatoms. The number of carbonyl (C=O) groups excluding carboxylic acids is 1. The second kappa shape index (κ2) is 11.5. The summed E-state index contributed by atoms with van der Waals surface area (Å²) >= 11 is 6.18. The zero-order valence-corrected chi connectivity index (χ0v) is 21.0. The molecule has 3 nitrogen and oxygen atoms in total. The van der Waals surface area contributed by atoms with E-state index in [1.165, 1.54) is 5.56 Å². The zero-order chi connectivity index (χ0) is 24.0. The Hall–Kier alpha value is -2.62. The Balaban J connectivity index is 1.98. The van der Waals surface area contributed by atoms with Crippen molar-refractivity contribution in [1.82, 2.24) is 10.2 Å². The van der Waals surface area contributed by atoms with Gasteiger partial charge in [0.1, 0.15) is 0 Å². The van der Waals surface area contributed by atoms with Gasteiger partial charge in [-0.3, -0.25) is 4.79 Å². The van der Waals surface area contributed by atoms with Crippen molar-refractivity contribution in [2.24, 2.45) is 0 Å². The number of rotatable bonds is 9. The molecule has 0 saturated heterocycles. The predicted molar refractivity (Wildman–Crippen MR) is 139 cm³/mol. The van der Waals surface area contributed by atoms with Crippen molar-refractivity contribution in [3.8, 4) is 0 Å². The molecule has 0 unspecified atom stereocenters. The molecule has 3 aromatic rings. The number of nitrogens with one attached hydrogen (secondary N) is 1. The van der Waals surface area contributed by atoms with Crippen molar-refractivity contribution in [2.75, 3.05) is 0 Å². The van der Waals surface area contributed by atoms with E-state index in [0.717, 1.165) is 23.2 Å². The molecule has 1 amide bonds. The average Bonchev–Trinajstić information content (AvgIpc) is 2.80. The smallest absolute Gasteiger partial charge is 0.254 e. The van der Waals surface area contributed by atoms with Crippen LogP contribution in [-0.4, -0.2) is 22.9 Å². The van der Waals surface area contributed by atoms with Gasteiger partial charge in [0.25, 0.3) is 5.91 Å². The molecule has 2 atom stereocenters. The molecule has 3 aromatic carbocycles. The maximum absolute atomic E-state index is 13.6. The van der Waals surface area contributed by atoms with E-state index in [1.807, 2.05) is 41.3 Å². The monoisotopic (exact) mass is 462 g/mol. The van der Waals surface area contributed by atoms with Crippen LogP contribution in [0.2, 0.25) is 5.02 Å². The minimum Gasteiger partial charge on any atom is -0.334 e. The van der Waals surface area contributed by atoms with E-state index in [-0.39, 0.29) is 30.0 Å². The lowest BCUT2D eigenvalue weighted by Crippen LogP contribution is -2.42. The van der Waals surface area contributed by atoms with Gasteiger partial charge in [-0.25, -0.2) is 0 Å². The fourth-order valence-corrected chi connectivity index (χ4v) is 4.68. The van der Waals surface area contributed by atoms with Crippen LogP contribution in [0.25, 0.3) is 0 Å². The van der Waals surface area contributed by atoms with Gasteiger partial charge in [0.2, 0.25) is 0 Å². The summed E-state index contributed by atoms with van der Waals surface area (Å²) in [6.07, 6.45) is 0. The highest BCUT2D eigenvalue weighted by atomic mass is 35.5. The maximum Gasteiger partial charge on any atom is 0.254 e. The first-order valence-electron chi connectivity index (χ1n) is 11.7. The minimum absolute atomic E-state index is 0.0166. The molecule has 3 rings (SSSR count). The molecule has 0 heterocycles. The van der Waals surface area contributed by atoms with Crippen LogP contribution >= 0.6 is 11.6 Å². The highest BCUT2D eigenvalue weighted by Crippen LogP contribution is 2.34. The van der Waals surface area contributed by atoms with Gasteiger partial charge in [-0.2, -0.15) is 0 Å². The average molecular weight is 463 g/mol. The molecule has 0 aliphatic heterocycles. The van der Waals surface area contributed by atoms with Gasteiger partial charge < -0.3 is 10.2 Å². The SMILES string of the molecule is CC(C)N(C(=O)c1ccccc1[C@H](C)[C@H](NCc1ccccc1)c1ccc(Cl)cc1)C(C)C. The van der Waals surface area contributed by atoms with Crippen LogP contribution in [-0.2, 0) is 6.54 Å². The molecular formula is C29H35ClN2O. The highest BCUT2D eigenvalue weighted by molar-refractivity contribution is 6.30. The molecule has 0 aromatic heterocycles. The second-order valence-corrected chi connectivity index (χ2v) is 9.61. The Labute approximate surface area is 203 Å². The van der Waals surface area contributed by atoms with E-state index in [0.29, 0.717) is 5.02 Å². The summed E-state index contributed by atoms with van der Waals surface area (Å²) in [5, 5.41) is 4.46. The molecule has 0 saturated carbocycles. The normalized spacial score (nSPS) is 13.2. The lowest BCUT2D eigenvalue weighted by atomic mass is 9.85. The number of benzene rings is 3. The molecule has 174 valence electrons. The van der Waals surface area contributed by atoms with E-state index < -0.39 is 0 Å². The fraction of sp³-hybridized carbons (Fsp3) is 0.345. The quantitative estimate of drug-likeness (QED) is 0.363. The second-order valence-electron chi connectivity index (χ2n) is 9.17. The molecule has 0 spiro atoms. The molecule has 0 aliphatic rings. The molecule has 33 heavy (non-hydrogen) atoms. The Morgan fingerprint density at radius 3 is 2.00 bits per heavy atom. The third-order valence-corrected chi connectivity index (χ3v) is 6.38. The van der Waals surface area contributed by atoms with E-state index in [4.69, 9.17) is 11.6 Å². The predicted octanol–water partition coefficient (Wildman–Crippen LogP) is 7.23.